The van der Waals surface area contributed by atoms with Gasteiger partial charge in [-0.1, -0.05) is 113 Å². The number of hydrogen-bond donors (Lipinski definition) is 1. The summed E-state index contributed by atoms with van der Waals surface area (Å²) in [6, 6.07) is 31.5. The molecule has 1 fully saturated rings. The summed E-state index contributed by atoms with van der Waals surface area (Å²) in [6.45, 7) is 16.1. The van der Waals surface area contributed by atoms with Crippen molar-refractivity contribution in [2.75, 3.05) is 35.1 Å². The number of halogens is 2. The van der Waals surface area contributed by atoms with Crippen molar-refractivity contribution in [1.82, 2.24) is 4.72 Å². The van der Waals surface area contributed by atoms with Crippen LogP contribution >= 0.6 is 23.2 Å². The predicted molar refractivity (Wildman–Crippen MR) is 236 cm³/mol. The van der Waals surface area contributed by atoms with Gasteiger partial charge < -0.3 is 4.90 Å². The molecule has 4 aromatic rings. The van der Waals surface area contributed by atoms with Gasteiger partial charge in [0.25, 0.3) is 16.2 Å². The van der Waals surface area contributed by atoms with E-state index in [-0.39, 0.29) is 29.2 Å². The summed E-state index contributed by atoms with van der Waals surface area (Å²) in [4.78, 5) is 19.8. The third-order valence-electron chi connectivity index (χ3n) is 10.4. The van der Waals surface area contributed by atoms with Crippen LogP contribution in [0.1, 0.15) is 77.5 Å². The Morgan fingerprint density at radius 2 is 1.47 bits per heavy atom. The quantitative estimate of drug-likeness (QED) is 0.137. The second-order valence-electron chi connectivity index (χ2n) is 17.5. The molecule has 2 unspecified atom stereocenters. The van der Waals surface area contributed by atoms with Crippen LogP contribution in [0.2, 0.25) is 10.0 Å². The maximum atomic E-state index is 13.0. The first-order valence-corrected chi connectivity index (χ1v) is 22.0. The van der Waals surface area contributed by atoms with Crippen LogP contribution in [0.3, 0.4) is 0 Å². The van der Waals surface area contributed by atoms with Gasteiger partial charge in [-0.25, -0.2) is 0 Å². The minimum atomic E-state index is -2.63. The van der Waals surface area contributed by atoms with Crippen molar-refractivity contribution in [3.05, 3.63) is 124 Å². The number of anilines is 2. The molecule has 0 bridgehead atoms. The predicted octanol–water partition coefficient (Wildman–Crippen LogP) is 11.5. The van der Waals surface area contributed by atoms with E-state index in [4.69, 9.17) is 28.2 Å². The molecule has 1 N–H and O–H groups in total. The van der Waals surface area contributed by atoms with Crippen LogP contribution in [0.25, 0.3) is 16.8 Å². The van der Waals surface area contributed by atoms with Crippen LogP contribution in [0.4, 0.5) is 11.4 Å². The highest BCUT2D eigenvalue weighted by Gasteiger charge is 2.43. The average molecular weight is 799 g/mol. The number of nitrogens with zero attached hydrogens (tertiary/aromatic N) is 3. The monoisotopic (exact) mass is 797 g/mol. The van der Waals surface area contributed by atoms with E-state index >= 15 is 0 Å². The molecule has 4 aromatic carbocycles. The zero-order valence-electron chi connectivity index (χ0n) is 33.3. The van der Waals surface area contributed by atoms with Crippen LogP contribution in [0.5, 0.6) is 0 Å². The number of nitrogens with one attached hydrogen (secondary N) is 1. The van der Waals surface area contributed by atoms with Crippen molar-refractivity contribution in [3.8, 4) is 11.1 Å². The SMILES string of the molecule is CC(C)(C)CCN(CCC(C)(C)C)c1ccc(-c2ccc(CC3=NC(c4ccc(Cl)cc4Cl)=CC3CCc3cccc(N4CC(=O)N[S+]4(C)=O)c3)cc2)cc1. The van der Waals surface area contributed by atoms with E-state index in [0.717, 1.165) is 67.0 Å². The summed E-state index contributed by atoms with van der Waals surface area (Å²) in [5.74, 6) is -0.128. The summed E-state index contributed by atoms with van der Waals surface area (Å²) < 4.78 is 17.3. The van der Waals surface area contributed by atoms with E-state index in [9.17, 15) is 9.00 Å². The molecule has 0 saturated carbocycles. The Bertz CT molecular complexity index is 2100. The van der Waals surface area contributed by atoms with E-state index in [0.29, 0.717) is 16.5 Å². The van der Waals surface area contributed by atoms with Gasteiger partial charge in [-0.2, -0.15) is 4.31 Å². The third kappa shape index (κ3) is 10.9. The van der Waals surface area contributed by atoms with E-state index < -0.39 is 10.3 Å². The standard InChI is InChI=1S/C46H54Cl2N4O2S/c1-45(2,3)23-25-51(26-24-46(4,5)6)38-20-17-35(18-21-38)34-14-11-33(12-15-34)28-42-36(29-43(49-42)40-22-19-37(47)30-41(40)48)16-13-32-9-8-10-39(27-32)52-31-44(53)50-55(52,7)54/h8-12,14-15,17-22,27,29-30,36H,13,16,23-26,28,31H2,1-7H3/p+1. The van der Waals surface area contributed by atoms with Crippen molar-refractivity contribution >= 4 is 62.2 Å². The fraction of sp³-hybridized carbons (Fsp3) is 0.391. The van der Waals surface area contributed by atoms with E-state index in [1.165, 1.54) is 22.4 Å². The van der Waals surface area contributed by atoms with E-state index in [1.807, 2.05) is 30.3 Å². The second kappa shape index (κ2) is 16.7. The minimum absolute atomic E-state index is 0.0875. The third-order valence-corrected chi connectivity index (χ3v) is 12.7. The van der Waals surface area contributed by atoms with Gasteiger partial charge in [0.1, 0.15) is 12.8 Å². The van der Waals surface area contributed by atoms with Crippen molar-refractivity contribution in [1.29, 1.82) is 0 Å². The van der Waals surface area contributed by atoms with Crippen molar-refractivity contribution in [2.24, 2.45) is 21.7 Å². The Morgan fingerprint density at radius 3 is 2.05 bits per heavy atom. The summed E-state index contributed by atoms with van der Waals surface area (Å²) in [5.41, 5.74) is 10.1. The summed E-state index contributed by atoms with van der Waals surface area (Å²) in [6.07, 6.45) is 8.42. The minimum Gasteiger partial charge on any atom is -0.371 e. The fourth-order valence-electron chi connectivity index (χ4n) is 7.06. The molecule has 2 atom stereocenters. The average Bonchev–Trinajstić information content (AvgIpc) is 3.64. The van der Waals surface area contributed by atoms with Crippen LogP contribution in [0.15, 0.2) is 102 Å². The zero-order valence-corrected chi connectivity index (χ0v) is 35.6. The molecular weight excluding hydrogens is 744 g/mol. The maximum absolute atomic E-state index is 13.0. The van der Waals surface area contributed by atoms with Gasteiger partial charge >= 0.3 is 0 Å². The number of hydrogen-bond acceptors (Lipinski definition) is 4. The summed E-state index contributed by atoms with van der Waals surface area (Å²) in [7, 11) is -2.63. The molecule has 1 saturated heterocycles. The molecule has 6 nitrogen and oxygen atoms in total. The Hall–Kier alpha value is -3.91. The highest BCUT2D eigenvalue weighted by atomic mass is 35.5. The Labute approximate surface area is 339 Å². The molecule has 1 amide bonds. The number of aryl methyl sites for hydroxylation is 1. The number of allylic oxidation sites excluding steroid dienone is 1. The fourth-order valence-corrected chi connectivity index (χ4v) is 9.04. The molecule has 2 aliphatic heterocycles. The second-order valence-corrected chi connectivity index (χ2v) is 20.6. The van der Waals surface area contributed by atoms with Crippen LogP contribution in [-0.4, -0.2) is 37.5 Å². The van der Waals surface area contributed by atoms with Gasteiger partial charge in [0.05, 0.1) is 16.4 Å². The van der Waals surface area contributed by atoms with Gasteiger partial charge in [-0.3, -0.25) is 9.79 Å². The Kier molecular flexibility index (Phi) is 12.4. The van der Waals surface area contributed by atoms with Gasteiger partial charge in [-0.05, 0) is 112 Å². The van der Waals surface area contributed by atoms with Gasteiger partial charge in [0, 0.05) is 47.4 Å². The molecule has 0 aliphatic carbocycles. The molecular formula is C46H55Cl2N4O2S+. The number of aliphatic imine (C=N–C) groups is 1. The number of amides is 1. The smallest absolute Gasteiger partial charge is 0.286 e. The first-order valence-electron chi connectivity index (χ1n) is 19.3. The maximum Gasteiger partial charge on any atom is 0.286 e. The van der Waals surface area contributed by atoms with E-state index in [1.54, 1.807) is 16.6 Å². The van der Waals surface area contributed by atoms with E-state index in [2.05, 4.69) is 112 Å². The first-order chi connectivity index (χ1) is 25.9. The molecule has 290 valence electrons. The van der Waals surface area contributed by atoms with Crippen molar-refractivity contribution in [3.63, 3.8) is 0 Å². The lowest BCUT2D eigenvalue weighted by Gasteiger charge is -2.31. The van der Waals surface area contributed by atoms with Crippen LogP contribution in [-0.2, 0) is 32.1 Å². The molecule has 6 rings (SSSR count). The summed E-state index contributed by atoms with van der Waals surface area (Å²) >= 11 is 12.9. The topological polar surface area (TPSA) is 65.0 Å². The molecule has 55 heavy (non-hydrogen) atoms. The lowest BCUT2D eigenvalue weighted by atomic mass is 9.90. The number of benzene rings is 4. The van der Waals surface area contributed by atoms with Gasteiger partial charge in [0.2, 0.25) is 0 Å². The normalized spacial score (nSPS) is 18.7. The lowest BCUT2D eigenvalue weighted by Crippen LogP contribution is -2.35. The molecule has 0 spiro atoms. The number of carbonyl (C=O) groups excluding carboxylic acids is 1. The lowest BCUT2D eigenvalue weighted by molar-refractivity contribution is -0.117. The molecule has 2 aliphatic rings. The largest absolute Gasteiger partial charge is 0.371 e. The van der Waals surface area contributed by atoms with Gasteiger partial charge in [-0.15, -0.1) is 4.72 Å². The zero-order chi connectivity index (χ0) is 39.5. The number of carbonyl (C=O) groups is 1. The molecule has 9 heteroatoms. The Balaban J connectivity index is 1.18. The molecule has 0 radical (unpaired) electrons. The van der Waals surface area contributed by atoms with Crippen molar-refractivity contribution in [2.45, 2.75) is 73.6 Å². The Morgan fingerprint density at radius 1 is 0.836 bits per heavy atom. The van der Waals surface area contributed by atoms with Crippen LogP contribution in [0, 0.1) is 16.7 Å². The summed E-state index contributed by atoms with van der Waals surface area (Å²) in [5, 5.41) is 1.17. The van der Waals surface area contributed by atoms with Crippen LogP contribution < -0.4 is 13.9 Å². The van der Waals surface area contributed by atoms with Gasteiger partial charge in [0.15, 0.2) is 0 Å². The highest BCUT2D eigenvalue weighted by Crippen LogP contribution is 2.36. The number of rotatable bonds is 13. The van der Waals surface area contributed by atoms with Crippen molar-refractivity contribution < 1.29 is 9.00 Å². The molecule has 0 aromatic heterocycles. The first kappa shape index (κ1) is 40.7. The molecule has 2 heterocycles. The highest BCUT2D eigenvalue weighted by molar-refractivity contribution is 8.02.